The van der Waals surface area contributed by atoms with Gasteiger partial charge in [0.25, 0.3) is 5.91 Å². The molecule has 0 radical (unpaired) electrons. The predicted molar refractivity (Wildman–Crippen MR) is 87.3 cm³/mol. The molecule has 1 saturated heterocycles. The number of aromatic nitrogens is 1. The lowest BCUT2D eigenvalue weighted by Gasteiger charge is -2.32. The molecule has 1 aliphatic heterocycles. The topological polar surface area (TPSA) is 65.5 Å². The van der Waals surface area contributed by atoms with Crippen molar-refractivity contribution in [3.05, 3.63) is 23.8 Å². The molecule has 7 heteroatoms. The summed E-state index contributed by atoms with van der Waals surface area (Å²) >= 11 is 1.38. The van der Waals surface area contributed by atoms with Gasteiger partial charge in [-0.15, -0.1) is 0 Å². The molecular weight excluding hydrogens is 300 g/mol. The number of thiazole rings is 1. The van der Waals surface area contributed by atoms with E-state index in [1.54, 1.807) is 6.07 Å². The molecule has 1 fully saturated rings. The Balaban J connectivity index is 1.81. The minimum Gasteiger partial charge on any atom is -0.336 e. The van der Waals surface area contributed by atoms with Gasteiger partial charge in [-0.1, -0.05) is 11.3 Å². The van der Waals surface area contributed by atoms with Gasteiger partial charge in [-0.05, 0) is 25.2 Å². The quantitative estimate of drug-likeness (QED) is 0.914. The van der Waals surface area contributed by atoms with Crippen LogP contribution in [0.3, 0.4) is 0 Å². The Bertz CT molecular complexity index is 719. The number of nitrogens with zero attached hydrogens (tertiary/aromatic N) is 3. The van der Waals surface area contributed by atoms with Gasteiger partial charge in [-0.3, -0.25) is 9.59 Å². The number of hydrogen-bond donors (Lipinski definition) is 1. The number of carbonyl (C=O) groups is 2. The van der Waals surface area contributed by atoms with Crippen molar-refractivity contribution in [2.24, 2.45) is 0 Å². The summed E-state index contributed by atoms with van der Waals surface area (Å²) in [5.74, 6) is -0.0859. The van der Waals surface area contributed by atoms with Crippen LogP contribution in [0.15, 0.2) is 18.2 Å². The van der Waals surface area contributed by atoms with Crippen molar-refractivity contribution >= 4 is 38.5 Å². The first-order valence-electron chi connectivity index (χ1n) is 7.19. The van der Waals surface area contributed by atoms with E-state index in [-0.39, 0.29) is 11.8 Å². The van der Waals surface area contributed by atoms with Crippen molar-refractivity contribution in [2.45, 2.75) is 6.92 Å². The Kier molecular flexibility index (Phi) is 4.08. The van der Waals surface area contributed by atoms with Gasteiger partial charge >= 0.3 is 0 Å². The molecule has 2 heterocycles. The SMILES string of the molecule is CC(=O)Nc1nc2ccc(C(=O)N3CCN(C)CC3)cc2s1. The van der Waals surface area contributed by atoms with E-state index in [4.69, 9.17) is 0 Å². The number of likely N-dealkylation sites (N-methyl/N-ethyl adjacent to an activating group) is 1. The zero-order valence-electron chi connectivity index (χ0n) is 12.6. The molecule has 0 saturated carbocycles. The maximum Gasteiger partial charge on any atom is 0.253 e. The summed E-state index contributed by atoms with van der Waals surface area (Å²) in [4.78, 5) is 32.1. The number of fused-ring (bicyclic) bond motifs is 1. The van der Waals surface area contributed by atoms with Gasteiger partial charge in [-0.25, -0.2) is 4.98 Å². The Hall–Kier alpha value is -1.99. The van der Waals surface area contributed by atoms with E-state index in [9.17, 15) is 9.59 Å². The first kappa shape index (κ1) is 14.9. The van der Waals surface area contributed by atoms with Crippen molar-refractivity contribution in [1.29, 1.82) is 0 Å². The maximum absolute atomic E-state index is 12.6. The van der Waals surface area contributed by atoms with Crippen molar-refractivity contribution in [1.82, 2.24) is 14.8 Å². The van der Waals surface area contributed by atoms with E-state index in [2.05, 4.69) is 22.2 Å². The highest BCUT2D eigenvalue weighted by Crippen LogP contribution is 2.27. The molecule has 6 nitrogen and oxygen atoms in total. The van der Waals surface area contributed by atoms with Crippen LogP contribution < -0.4 is 5.32 Å². The van der Waals surface area contributed by atoms with Crippen LogP contribution in [0.4, 0.5) is 5.13 Å². The summed E-state index contributed by atoms with van der Waals surface area (Å²) < 4.78 is 0.906. The third-order valence-electron chi connectivity index (χ3n) is 3.71. The zero-order chi connectivity index (χ0) is 15.7. The van der Waals surface area contributed by atoms with E-state index in [1.165, 1.54) is 18.3 Å². The van der Waals surface area contributed by atoms with Gasteiger partial charge in [0.15, 0.2) is 5.13 Å². The van der Waals surface area contributed by atoms with E-state index >= 15 is 0 Å². The smallest absolute Gasteiger partial charge is 0.253 e. The third-order valence-corrected chi connectivity index (χ3v) is 4.64. The van der Waals surface area contributed by atoms with E-state index in [0.717, 1.165) is 36.4 Å². The minimum absolute atomic E-state index is 0.0597. The van der Waals surface area contributed by atoms with Crippen LogP contribution in [0, 0.1) is 0 Å². The number of piperazine rings is 1. The number of benzene rings is 1. The standard InChI is InChI=1S/C15H18N4O2S/c1-10(20)16-15-17-12-4-3-11(9-13(12)22-15)14(21)19-7-5-18(2)6-8-19/h3-4,9H,5-8H2,1-2H3,(H,16,17,20). The largest absolute Gasteiger partial charge is 0.336 e. The van der Waals surface area contributed by atoms with Crippen LogP contribution in [-0.2, 0) is 4.79 Å². The predicted octanol–water partition coefficient (Wildman–Crippen LogP) is 1.64. The molecule has 116 valence electrons. The Morgan fingerprint density at radius 2 is 1.95 bits per heavy atom. The molecule has 0 aliphatic carbocycles. The fraction of sp³-hybridized carbons (Fsp3) is 0.400. The first-order chi connectivity index (χ1) is 10.5. The molecule has 0 spiro atoms. The van der Waals surface area contributed by atoms with Crippen molar-refractivity contribution in [3.8, 4) is 0 Å². The molecule has 0 atom stereocenters. The lowest BCUT2D eigenvalue weighted by atomic mass is 10.1. The molecule has 2 amide bonds. The van der Waals surface area contributed by atoms with Crippen molar-refractivity contribution < 1.29 is 9.59 Å². The summed E-state index contributed by atoms with van der Waals surface area (Å²) in [5.41, 5.74) is 1.47. The minimum atomic E-state index is -0.146. The van der Waals surface area contributed by atoms with Gasteiger partial charge in [0.1, 0.15) is 0 Å². The number of hydrogen-bond acceptors (Lipinski definition) is 5. The molecule has 3 rings (SSSR count). The summed E-state index contributed by atoms with van der Waals surface area (Å²) in [6.45, 7) is 4.78. The number of amides is 2. The monoisotopic (exact) mass is 318 g/mol. The molecule has 1 aromatic heterocycles. The van der Waals surface area contributed by atoms with Crippen molar-refractivity contribution in [2.75, 3.05) is 38.5 Å². The second kappa shape index (κ2) is 6.02. The van der Waals surface area contributed by atoms with Crippen LogP contribution in [0.5, 0.6) is 0 Å². The van der Waals surface area contributed by atoms with E-state index in [1.807, 2.05) is 17.0 Å². The number of anilines is 1. The Morgan fingerprint density at radius 1 is 1.23 bits per heavy atom. The first-order valence-corrected chi connectivity index (χ1v) is 8.00. The zero-order valence-corrected chi connectivity index (χ0v) is 13.4. The molecular formula is C15H18N4O2S. The number of carbonyl (C=O) groups excluding carboxylic acids is 2. The summed E-state index contributed by atoms with van der Waals surface area (Å²) in [7, 11) is 2.06. The van der Waals surface area contributed by atoms with Gasteiger partial charge in [0.05, 0.1) is 10.2 Å². The highest BCUT2D eigenvalue weighted by molar-refractivity contribution is 7.22. The molecule has 22 heavy (non-hydrogen) atoms. The molecule has 1 aliphatic rings. The summed E-state index contributed by atoms with van der Waals surface area (Å²) in [5, 5.41) is 3.24. The van der Waals surface area contributed by atoms with Crippen LogP contribution in [-0.4, -0.2) is 59.8 Å². The molecule has 1 aromatic carbocycles. The maximum atomic E-state index is 12.6. The summed E-state index contributed by atoms with van der Waals surface area (Å²) in [6.07, 6.45) is 0. The number of rotatable bonds is 2. The van der Waals surface area contributed by atoms with Crippen molar-refractivity contribution in [3.63, 3.8) is 0 Å². The number of nitrogens with one attached hydrogen (secondary N) is 1. The Morgan fingerprint density at radius 3 is 2.64 bits per heavy atom. The fourth-order valence-electron chi connectivity index (χ4n) is 2.45. The molecule has 0 unspecified atom stereocenters. The lowest BCUT2D eigenvalue weighted by Crippen LogP contribution is -2.47. The van der Waals surface area contributed by atoms with Crippen LogP contribution >= 0.6 is 11.3 Å². The average Bonchev–Trinajstić information content (AvgIpc) is 2.87. The molecule has 1 N–H and O–H groups in total. The van der Waals surface area contributed by atoms with E-state index in [0.29, 0.717) is 10.7 Å². The van der Waals surface area contributed by atoms with Gasteiger partial charge < -0.3 is 15.1 Å². The van der Waals surface area contributed by atoms with Gasteiger partial charge in [-0.2, -0.15) is 0 Å². The van der Waals surface area contributed by atoms with E-state index < -0.39 is 0 Å². The molecule has 2 aromatic rings. The fourth-order valence-corrected chi connectivity index (χ4v) is 3.41. The second-order valence-corrected chi connectivity index (χ2v) is 6.51. The van der Waals surface area contributed by atoms with Crippen LogP contribution in [0.2, 0.25) is 0 Å². The summed E-state index contributed by atoms with van der Waals surface area (Å²) in [6, 6.07) is 5.50. The third kappa shape index (κ3) is 3.10. The Labute approximate surface area is 132 Å². The molecule has 0 bridgehead atoms. The highest BCUT2D eigenvalue weighted by atomic mass is 32.1. The van der Waals surface area contributed by atoms with Crippen LogP contribution in [0.25, 0.3) is 10.2 Å². The van der Waals surface area contributed by atoms with Gasteiger partial charge in [0, 0.05) is 38.7 Å². The normalized spacial score (nSPS) is 16.0. The lowest BCUT2D eigenvalue weighted by molar-refractivity contribution is -0.114. The second-order valence-electron chi connectivity index (χ2n) is 5.48. The van der Waals surface area contributed by atoms with Gasteiger partial charge in [0.2, 0.25) is 5.91 Å². The van der Waals surface area contributed by atoms with Crippen LogP contribution in [0.1, 0.15) is 17.3 Å². The average molecular weight is 318 g/mol. The highest BCUT2D eigenvalue weighted by Gasteiger charge is 2.20.